The molecule has 6 nitrogen and oxygen atoms in total. The molecular weight excluding hydrogens is 278 g/mol. The maximum Gasteiger partial charge on any atom is 0.274 e. The molecule has 1 aromatic heterocycles. The number of nitrogens with one attached hydrogen (secondary N) is 1. The number of aromatic nitrogens is 1. The molecule has 7 heteroatoms. The van der Waals surface area contributed by atoms with Crippen LogP contribution in [0.4, 0.5) is 5.69 Å². The number of carbonyl (C=O) groups is 1. The van der Waals surface area contributed by atoms with Crippen molar-refractivity contribution < 1.29 is 13.2 Å². The molecule has 0 radical (unpaired) electrons. The van der Waals surface area contributed by atoms with Crippen LogP contribution in [0.2, 0.25) is 0 Å². The van der Waals surface area contributed by atoms with Crippen LogP contribution in [-0.2, 0) is 10.0 Å². The fourth-order valence-corrected chi connectivity index (χ4v) is 2.14. The number of primary sulfonamides is 1. The molecule has 0 bridgehead atoms. The van der Waals surface area contributed by atoms with E-state index in [2.05, 4.69) is 10.3 Å². The number of carbonyl (C=O) groups excluding carboxylic acids is 1. The van der Waals surface area contributed by atoms with Gasteiger partial charge in [-0.25, -0.2) is 13.6 Å². The summed E-state index contributed by atoms with van der Waals surface area (Å²) in [5, 5.41) is 7.68. The van der Waals surface area contributed by atoms with Gasteiger partial charge in [-0.05, 0) is 36.8 Å². The lowest BCUT2D eigenvalue weighted by atomic mass is 10.2. The minimum Gasteiger partial charge on any atom is -0.320 e. The van der Waals surface area contributed by atoms with E-state index >= 15 is 0 Å². The van der Waals surface area contributed by atoms with E-state index in [0.29, 0.717) is 5.69 Å². The van der Waals surface area contributed by atoms with Crippen molar-refractivity contribution in [2.75, 3.05) is 5.32 Å². The molecule has 1 aromatic carbocycles. The van der Waals surface area contributed by atoms with Gasteiger partial charge < -0.3 is 5.32 Å². The molecule has 104 valence electrons. The molecule has 0 saturated carbocycles. The Balaban J connectivity index is 2.32. The van der Waals surface area contributed by atoms with E-state index in [1.54, 1.807) is 31.2 Å². The maximum absolute atomic E-state index is 12.0. The SMILES string of the molecule is Cc1ccc(S(N)(=O)=O)cc1NC(=O)c1ccccn1. The average Bonchev–Trinajstić information content (AvgIpc) is 2.41. The van der Waals surface area contributed by atoms with Crippen LogP contribution in [0.25, 0.3) is 0 Å². The average molecular weight is 291 g/mol. The quantitative estimate of drug-likeness (QED) is 0.889. The molecule has 0 spiro atoms. The van der Waals surface area contributed by atoms with Crippen molar-refractivity contribution >= 4 is 21.6 Å². The molecular formula is C13H13N3O3S. The first-order valence-corrected chi connectivity index (χ1v) is 7.28. The normalized spacial score (nSPS) is 11.1. The number of nitrogens with zero attached hydrogens (tertiary/aromatic N) is 1. The van der Waals surface area contributed by atoms with Crippen molar-refractivity contribution in [1.82, 2.24) is 4.98 Å². The van der Waals surface area contributed by atoms with Crippen molar-refractivity contribution in [3.8, 4) is 0 Å². The predicted octanol–water partition coefficient (Wildman–Crippen LogP) is 1.29. The molecule has 0 unspecified atom stereocenters. The van der Waals surface area contributed by atoms with Gasteiger partial charge in [-0.2, -0.15) is 0 Å². The lowest BCUT2D eigenvalue weighted by molar-refractivity contribution is 0.102. The highest BCUT2D eigenvalue weighted by Crippen LogP contribution is 2.19. The molecule has 0 aliphatic carbocycles. The monoisotopic (exact) mass is 291 g/mol. The third kappa shape index (κ3) is 3.19. The molecule has 3 N–H and O–H groups in total. The second-order valence-corrected chi connectivity index (χ2v) is 5.75. The van der Waals surface area contributed by atoms with Crippen LogP contribution in [0.15, 0.2) is 47.5 Å². The van der Waals surface area contributed by atoms with Crippen molar-refractivity contribution in [2.45, 2.75) is 11.8 Å². The van der Waals surface area contributed by atoms with E-state index < -0.39 is 15.9 Å². The van der Waals surface area contributed by atoms with Gasteiger partial charge in [0, 0.05) is 11.9 Å². The van der Waals surface area contributed by atoms with Gasteiger partial charge in [-0.1, -0.05) is 12.1 Å². The van der Waals surface area contributed by atoms with E-state index in [9.17, 15) is 13.2 Å². The molecule has 2 rings (SSSR count). The lowest BCUT2D eigenvalue weighted by Gasteiger charge is -2.09. The third-order valence-corrected chi connectivity index (χ3v) is 3.59. The summed E-state index contributed by atoms with van der Waals surface area (Å²) in [6.45, 7) is 1.75. The number of hydrogen-bond acceptors (Lipinski definition) is 4. The fraction of sp³-hybridized carbons (Fsp3) is 0.0769. The number of aryl methyl sites for hydroxylation is 1. The number of hydrogen-bond donors (Lipinski definition) is 2. The summed E-state index contributed by atoms with van der Waals surface area (Å²) in [5.41, 5.74) is 1.35. The first-order chi connectivity index (χ1) is 9.38. The third-order valence-electron chi connectivity index (χ3n) is 2.68. The molecule has 0 atom stereocenters. The first-order valence-electron chi connectivity index (χ1n) is 5.74. The van der Waals surface area contributed by atoms with Gasteiger partial charge in [-0.3, -0.25) is 9.78 Å². The molecule has 2 aromatic rings. The molecule has 20 heavy (non-hydrogen) atoms. The standard InChI is InChI=1S/C13H13N3O3S/c1-9-5-6-10(20(14,18)19)8-12(9)16-13(17)11-4-2-3-7-15-11/h2-8H,1H3,(H,16,17)(H2,14,18,19). The highest BCUT2D eigenvalue weighted by atomic mass is 32.2. The number of anilines is 1. The van der Waals surface area contributed by atoms with Gasteiger partial charge in [0.15, 0.2) is 0 Å². The zero-order valence-corrected chi connectivity index (χ0v) is 11.5. The van der Waals surface area contributed by atoms with Crippen molar-refractivity contribution in [1.29, 1.82) is 0 Å². The minimum absolute atomic E-state index is 0.0561. The number of benzene rings is 1. The molecule has 0 aliphatic heterocycles. The molecule has 0 fully saturated rings. The van der Waals surface area contributed by atoms with Gasteiger partial charge in [0.05, 0.1) is 4.90 Å². The topological polar surface area (TPSA) is 102 Å². The van der Waals surface area contributed by atoms with E-state index in [1.165, 1.54) is 18.3 Å². The predicted molar refractivity (Wildman–Crippen MR) is 74.7 cm³/mol. The van der Waals surface area contributed by atoms with Crippen LogP contribution in [0.5, 0.6) is 0 Å². The Bertz CT molecular complexity index is 743. The Hall–Kier alpha value is -2.25. The van der Waals surface area contributed by atoms with Crippen LogP contribution in [0, 0.1) is 6.92 Å². The highest BCUT2D eigenvalue weighted by molar-refractivity contribution is 7.89. The number of amides is 1. The van der Waals surface area contributed by atoms with Gasteiger partial charge in [0.25, 0.3) is 5.91 Å². The summed E-state index contributed by atoms with van der Waals surface area (Å²) >= 11 is 0. The van der Waals surface area contributed by atoms with Crippen LogP contribution >= 0.6 is 0 Å². The zero-order chi connectivity index (χ0) is 14.8. The number of rotatable bonds is 3. The Labute approximate surface area is 116 Å². The zero-order valence-electron chi connectivity index (χ0n) is 10.7. The van der Waals surface area contributed by atoms with Gasteiger partial charge in [-0.15, -0.1) is 0 Å². The largest absolute Gasteiger partial charge is 0.320 e. The molecule has 0 aliphatic rings. The molecule has 1 heterocycles. The van der Waals surface area contributed by atoms with Gasteiger partial charge in [0.1, 0.15) is 5.69 Å². The fourth-order valence-electron chi connectivity index (χ4n) is 1.60. The summed E-state index contributed by atoms with van der Waals surface area (Å²) in [7, 11) is -3.81. The van der Waals surface area contributed by atoms with Crippen molar-refractivity contribution in [2.24, 2.45) is 5.14 Å². The van der Waals surface area contributed by atoms with Crippen LogP contribution in [0.3, 0.4) is 0 Å². The van der Waals surface area contributed by atoms with Crippen LogP contribution < -0.4 is 10.5 Å². The summed E-state index contributed by atoms with van der Waals surface area (Å²) < 4.78 is 22.6. The second kappa shape index (κ2) is 5.40. The molecule has 1 amide bonds. The highest BCUT2D eigenvalue weighted by Gasteiger charge is 2.13. The first kappa shape index (κ1) is 14.2. The van der Waals surface area contributed by atoms with Crippen molar-refractivity contribution in [3.05, 3.63) is 53.9 Å². The number of nitrogens with two attached hydrogens (primary N) is 1. The van der Waals surface area contributed by atoms with E-state index in [4.69, 9.17) is 5.14 Å². The number of sulfonamides is 1. The van der Waals surface area contributed by atoms with E-state index in [0.717, 1.165) is 5.56 Å². The van der Waals surface area contributed by atoms with Crippen LogP contribution in [0.1, 0.15) is 16.1 Å². The number of pyridine rings is 1. The van der Waals surface area contributed by atoms with E-state index in [1.807, 2.05) is 0 Å². The lowest BCUT2D eigenvalue weighted by Crippen LogP contribution is -2.16. The second-order valence-electron chi connectivity index (χ2n) is 4.19. The summed E-state index contributed by atoms with van der Waals surface area (Å²) in [5.74, 6) is -0.416. The smallest absolute Gasteiger partial charge is 0.274 e. The van der Waals surface area contributed by atoms with E-state index in [-0.39, 0.29) is 10.6 Å². The Morgan fingerprint density at radius 2 is 2.00 bits per heavy atom. The van der Waals surface area contributed by atoms with Crippen molar-refractivity contribution in [3.63, 3.8) is 0 Å². The van der Waals surface area contributed by atoms with Gasteiger partial charge >= 0.3 is 0 Å². The Kier molecular flexibility index (Phi) is 3.82. The van der Waals surface area contributed by atoms with Crippen LogP contribution in [-0.4, -0.2) is 19.3 Å². The Morgan fingerprint density at radius 3 is 2.60 bits per heavy atom. The maximum atomic E-state index is 12.0. The Morgan fingerprint density at radius 1 is 1.25 bits per heavy atom. The minimum atomic E-state index is -3.81. The van der Waals surface area contributed by atoms with Gasteiger partial charge in [0.2, 0.25) is 10.0 Å². The summed E-state index contributed by atoms with van der Waals surface area (Å²) in [4.78, 5) is 15.8. The summed E-state index contributed by atoms with van der Waals surface area (Å²) in [6.07, 6.45) is 1.50. The molecule has 0 saturated heterocycles. The summed E-state index contributed by atoms with van der Waals surface area (Å²) in [6, 6.07) is 9.24.